The zero-order chi connectivity index (χ0) is 14.1. The number of amides is 1. The van der Waals surface area contributed by atoms with E-state index in [4.69, 9.17) is 9.84 Å². The van der Waals surface area contributed by atoms with Gasteiger partial charge in [0, 0.05) is 18.4 Å². The Balaban J connectivity index is 2.29. The Hall–Kier alpha value is -1.47. The Labute approximate surface area is 115 Å². The van der Waals surface area contributed by atoms with E-state index in [2.05, 4.69) is 10.3 Å². The Morgan fingerprint density at radius 1 is 1.53 bits per heavy atom. The number of nitrogens with one attached hydrogen (secondary N) is 1. The van der Waals surface area contributed by atoms with Crippen molar-refractivity contribution in [1.29, 1.82) is 0 Å². The summed E-state index contributed by atoms with van der Waals surface area (Å²) in [5.74, 6) is -1.03. The van der Waals surface area contributed by atoms with Crippen LogP contribution in [-0.4, -0.2) is 35.2 Å². The molecule has 0 spiro atoms. The van der Waals surface area contributed by atoms with E-state index in [0.717, 1.165) is 12.1 Å². The number of carboxylic acids is 1. The molecule has 0 aliphatic heterocycles. The summed E-state index contributed by atoms with van der Waals surface area (Å²) in [6.07, 6.45) is 2.15. The highest BCUT2D eigenvalue weighted by molar-refractivity contribution is 7.13. The van der Waals surface area contributed by atoms with Crippen molar-refractivity contribution in [3.05, 3.63) is 11.1 Å². The summed E-state index contributed by atoms with van der Waals surface area (Å²) in [5.41, 5.74) is 0.802. The molecule has 1 amide bonds. The largest absolute Gasteiger partial charge is 0.481 e. The number of thiazole rings is 1. The zero-order valence-electron chi connectivity index (χ0n) is 10.8. The van der Waals surface area contributed by atoms with Crippen molar-refractivity contribution in [2.45, 2.75) is 32.6 Å². The van der Waals surface area contributed by atoms with E-state index in [1.165, 1.54) is 11.3 Å². The molecular weight excluding hydrogens is 268 g/mol. The first-order valence-electron chi connectivity index (χ1n) is 6.15. The molecule has 0 saturated heterocycles. The van der Waals surface area contributed by atoms with Crippen LogP contribution in [0.1, 0.15) is 31.9 Å². The van der Waals surface area contributed by atoms with Crippen LogP contribution in [-0.2, 0) is 20.7 Å². The highest BCUT2D eigenvalue weighted by atomic mass is 32.1. The maximum Gasteiger partial charge on any atom is 0.303 e. The third-order valence-electron chi connectivity index (χ3n) is 2.20. The van der Waals surface area contributed by atoms with Crippen molar-refractivity contribution >= 4 is 28.3 Å². The van der Waals surface area contributed by atoms with Gasteiger partial charge in [-0.2, -0.15) is 0 Å². The number of carbonyl (C=O) groups is 2. The lowest BCUT2D eigenvalue weighted by molar-refractivity contribution is -0.137. The molecule has 0 aliphatic rings. The van der Waals surface area contributed by atoms with E-state index in [1.54, 1.807) is 0 Å². The molecule has 0 radical (unpaired) electrons. The molecule has 1 heterocycles. The number of ether oxygens (including phenoxy) is 1. The molecule has 2 N–H and O–H groups in total. The molecule has 1 aromatic heterocycles. The second-order valence-electron chi connectivity index (χ2n) is 3.99. The molecule has 7 heteroatoms. The first kappa shape index (κ1) is 15.6. The van der Waals surface area contributed by atoms with Gasteiger partial charge in [0.15, 0.2) is 5.13 Å². The molecule has 1 rings (SSSR count). The maximum absolute atomic E-state index is 11.5. The summed E-state index contributed by atoms with van der Waals surface area (Å²) in [6.45, 7) is 2.57. The SMILES string of the molecule is CCCOCC(=O)Nc1nc(CCCC(=O)O)cs1. The molecular formula is C12H18N2O4S. The van der Waals surface area contributed by atoms with Crippen LogP contribution >= 0.6 is 11.3 Å². The van der Waals surface area contributed by atoms with Crippen molar-refractivity contribution in [3.8, 4) is 0 Å². The Kier molecular flexibility index (Phi) is 7.06. The smallest absolute Gasteiger partial charge is 0.303 e. The van der Waals surface area contributed by atoms with Crippen LogP contribution in [0.3, 0.4) is 0 Å². The zero-order valence-corrected chi connectivity index (χ0v) is 11.7. The normalized spacial score (nSPS) is 10.4. The van der Waals surface area contributed by atoms with Gasteiger partial charge in [-0.25, -0.2) is 4.98 Å². The number of carbonyl (C=O) groups excluding carboxylic acids is 1. The average Bonchev–Trinajstić information content (AvgIpc) is 2.76. The maximum atomic E-state index is 11.5. The van der Waals surface area contributed by atoms with E-state index in [9.17, 15) is 9.59 Å². The van der Waals surface area contributed by atoms with Crippen LogP contribution in [0.15, 0.2) is 5.38 Å². The summed E-state index contributed by atoms with van der Waals surface area (Å²) >= 11 is 1.33. The lowest BCUT2D eigenvalue weighted by atomic mass is 10.2. The fraction of sp³-hybridized carbons (Fsp3) is 0.583. The fourth-order valence-electron chi connectivity index (χ4n) is 1.36. The summed E-state index contributed by atoms with van der Waals surface area (Å²) in [4.78, 5) is 26.0. The van der Waals surface area contributed by atoms with Gasteiger partial charge in [0.1, 0.15) is 6.61 Å². The number of hydrogen-bond donors (Lipinski definition) is 2. The van der Waals surface area contributed by atoms with E-state index in [-0.39, 0.29) is 18.9 Å². The van der Waals surface area contributed by atoms with Gasteiger partial charge in [0.2, 0.25) is 0 Å². The van der Waals surface area contributed by atoms with Crippen LogP contribution in [0.2, 0.25) is 0 Å². The van der Waals surface area contributed by atoms with Crippen molar-refractivity contribution in [2.75, 3.05) is 18.5 Å². The topological polar surface area (TPSA) is 88.5 Å². The van der Waals surface area contributed by atoms with E-state index >= 15 is 0 Å². The van der Waals surface area contributed by atoms with Crippen LogP contribution in [0.25, 0.3) is 0 Å². The Bertz CT molecular complexity index is 420. The van der Waals surface area contributed by atoms with Crippen LogP contribution in [0, 0.1) is 0 Å². The number of anilines is 1. The summed E-state index contributed by atoms with van der Waals surface area (Å²) in [5, 5.41) is 13.5. The minimum absolute atomic E-state index is 0.0295. The lowest BCUT2D eigenvalue weighted by Gasteiger charge is -2.02. The number of aryl methyl sites for hydroxylation is 1. The molecule has 0 saturated carbocycles. The fourth-order valence-corrected chi connectivity index (χ4v) is 2.13. The third-order valence-corrected chi connectivity index (χ3v) is 3.01. The molecule has 106 valence electrons. The summed E-state index contributed by atoms with van der Waals surface area (Å²) in [7, 11) is 0. The van der Waals surface area contributed by atoms with Crippen molar-refractivity contribution < 1.29 is 19.4 Å². The van der Waals surface area contributed by atoms with Crippen LogP contribution in [0.5, 0.6) is 0 Å². The first-order valence-corrected chi connectivity index (χ1v) is 7.03. The number of carboxylic acid groups (broad SMARTS) is 1. The van der Waals surface area contributed by atoms with Gasteiger partial charge in [-0.1, -0.05) is 6.92 Å². The van der Waals surface area contributed by atoms with Gasteiger partial charge in [-0.05, 0) is 19.3 Å². The highest BCUT2D eigenvalue weighted by Gasteiger charge is 2.07. The molecule has 0 aromatic carbocycles. The van der Waals surface area contributed by atoms with Crippen molar-refractivity contribution in [1.82, 2.24) is 4.98 Å². The highest BCUT2D eigenvalue weighted by Crippen LogP contribution is 2.16. The first-order chi connectivity index (χ1) is 9.11. The molecule has 19 heavy (non-hydrogen) atoms. The van der Waals surface area contributed by atoms with Gasteiger partial charge >= 0.3 is 5.97 Å². The minimum atomic E-state index is -0.808. The van der Waals surface area contributed by atoms with E-state index in [1.807, 2.05) is 12.3 Å². The molecule has 6 nitrogen and oxygen atoms in total. The number of nitrogens with zero attached hydrogens (tertiary/aromatic N) is 1. The standard InChI is InChI=1S/C12H18N2O4S/c1-2-6-18-7-10(15)14-12-13-9(8-19-12)4-3-5-11(16)17/h8H,2-7H2,1H3,(H,16,17)(H,13,14,15). The van der Waals surface area contributed by atoms with E-state index in [0.29, 0.717) is 24.6 Å². The Morgan fingerprint density at radius 3 is 3.00 bits per heavy atom. The average molecular weight is 286 g/mol. The lowest BCUT2D eigenvalue weighted by Crippen LogP contribution is -2.18. The second kappa shape index (κ2) is 8.60. The van der Waals surface area contributed by atoms with E-state index < -0.39 is 5.97 Å². The molecule has 0 bridgehead atoms. The number of aromatic nitrogens is 1. The molecule has 1 aromatic rings. The van der Waals surface area contributed by atoms with Gasteiger partial charge < -0.3 is 9.84 Å². The van der Waals surface area contributed by atoms with Crippen LogP contribution in [0.4, 0.5) is 5.13 Å². The number of hydrogen-bond acceptors (Lipinski definition) is 5. The minimum Gasteiger partial charge on any atom is -0.481 e. The summed E-state index contributed by atoms with van der Waals surface area (Å²) < 4.78 is 5.11. The Morgan fingerprint density at radius 2 is 2.32 bits per heavy atom. The molecule has 0 unspecified atom stereocenters. The van der Waals surface area contributed by atoms with Crippen molar-refractivity contribution in [3.63, 3.8) is 0 Å². The number of rotatable bonds is 9. The molecule has 0 atom stereocenters. The third kappa shape index (κ3) is 6.88. The molecule has 0 aliphatic carbocycles. The van der Waals surface area contributed by atoms with Crippen molar-refractivity contribution in [2.24, 2.45) is 0 Å². The summed E-state index contributed by atoms with van der Waals surface area (Å²) in [6, 6.07) is 0. The van der Waals surface area contributed by atoms with Gasteiger partial charge in [0.05, 0.1) is 5.69 Å². The van der Waals surface area contributed by atoms with Gasteiger partial charge in [-0.15, -0.1) is 11.3 Å². The number of aliphatic carboxylic acids is 1. The monoisotopic (exact) mass is 286 g/mol. The predicted octanol–water partition coefficient (Wildman–Crippen LogP) is 1.92. The quantitative estimate of drug-likeness (QED) is 0.677. The molecule has 0 fully saturated rings. The van der Waals surface area contributed by atoms with Crippen LogP contribution < -0.4 is 5.32 Å². The van der Waals surface area contributed by atoms with Gasteiger partial charge in [0.25, 0.3) is 5.91 Å². The van der Waals surface area contributed by atoms with Gasteiger partial charge in [-0.3, -0.25) is 14.9 Å². The second-order valence-corrected chi connectivity index (χ2v) is 4.85. The predicted molar refractivity (Wildman–Crippen MR) is 72.4 cm³/mol.